The molecule has 0 aliphatic heterocycles. The Morgan fingerprint density at radius 1 is 1.50 bits per heavy atom. The van der Waals surface area contributed by atoms with Crippen molar-refractivity contribution in [1.82, 2.24) is 0 Å². The molecule has 0 atom stereocenters. The number of halogens is 1. The third kappa shape index (κ3) is 2.61. The number of nitrogens with zero attached hydrogens (tertiary/aromatic N) is 1. The Morgan fingerprint density at radius 2 is 2.12 bits per heavy atom. The fourth-order valence-corrected chi connectivity index (χ4v) is 2.05. The van der Waals surface area contributed by atoms with Crippen LogP contribution in [0.4, 0.5) is 0 Å². The van der Waals surface area contributed by atoms with Gasteiger partial charge in [0.05, 0.1) is 19.1 Å². The van der Waals surface area contributed by atoms with Gasteiger partial charge in [0.1, 0.15) is 6.07 Å². The lowest BCUT2D eigenvalue weighted by Gasteiger charge is -2.08. The molecule has 0 heterocycles. The number of aryl methyl sites for hydroxylation is 1. The number of benzene rings is 1. The van der Waals surface area contributed by atoms with Gasteiger partial charge in [-0.05, 0) is 33.5 Å². The number of hydrogen-bond acceptors (Lipinski definition) is 3. The first kappa shape index (κ1) is 12.7. The van der Waals surface area contributed by atoms with Crippen LogP contribution in [0.15, 0.2) is 16.6 Å². The Balaban J connectivity index is 3.15. The molecule has 1 aromatic carbocycles. The molecular formula is C12H12BrNO2. The van der Waals surface area contributed by atoms with E-state index in [9.17, 15) is 4.79 Å². The zero-order valence-electron chi connectivity index (χ0n) is 9.21. The quantitative estimate of drug-likeness (QED) is 0.801. The molecule has 0 aromatic heterocycles. The lowest BCUT2D eigenvalue weighted by atomic mass is 10.0. The lowest BCUT2D eigenvalue weighted by molar-refractivity contribution is -0.139. The topological polar surface area (TPSA) is 50.1 Å². The van der Waals surface area contributed by atoms with Crippen LogP contribution in [-0.4, -0.2) is 13.1 Å². The van der Waals surface area contributed by atoms with Crippen molar-refractivity contribution < 1.29 is 9.53 Å². The van der Waals surface area contributed by atoms with Crippen molar-refractivity contribution >= 4 is 21.9 Å². The maximum atomic E-state index is 11.2. The van der Waals surface area contributed by atoms with Crippen molar-refractivity contribution in [3.63, 3.8) is 0 Å². The summed E-state index contributed by atoms with van der Waals surface area (Å²) in [5, 5.41) is 9.05. The van der Waals surface area contributed by atoms with Crippen LogP contribution >= 0.6 is 15.9 Å². The van der Waals surface area contributed by atoms with Crippen LogP contribution in [-0.2, 0) is 22.4 Å². The summed E-state index contributed by atoms with van der Waals surface area (Å²) in [7, 11) is 1.35. The maximum absolute atomic E-state index is 11.2. The van der Waals surface area contributed by atoms with Crippen molar-refractivity contribution in [2.24, 2.45) is 0 Å². The molecule has 0 amide bonds. The molecule has 0 unspecified atom stereocenters. The predicted molar refractivity (Wildman–Crippen MR) is 64.0 cm³/mol. The van der Waals surface area contributed by atoms with E-state index in [1.165, 1.54) is 7.11 Å². The van der Waals surface area contributed by atoms with Crippen molar-refractivity contribution in [2.75, 3.05) is 7.11 Å². The van der Waals surface area contributed by atoms with E-state index < -0.39 is 0 Å². The van der Waals surface area contributed by atoms with Gasteiger partial charge in [-0.15, -0.1) is 0 Å². The van der Waals surface area contributed by atoms with Gasteiger partial charge in [-0.1, -0.05) is 19.1 Å². The summed E-state index contributed by atoms with van der Waals surface area (Å²) >= 11 is 3.36. The maximum Gasteiger partial charge on any atom is 0.310 e. The fraction of sp³-hybridized carbons (Fsp3) is 0.333. The van der Waals surface area contributed by atoms with Gasteiger partial charge in [0.15, 0.2) is 0 Å². The van der Waals surface area contributed by atoms with E-state index in [1.54, 1.807) is 0 Å². The van der Waals surface area contributed by atoms with Gasteiger partial charge >= 0.3 is 5.97 Å². The zero-order chi connectivity index (χ0) is 12.1. The molecule has 0 N–H and O–H groups in total. The van der Waals surface area contributed by atoms with Crippen LogP contribution in [0.2, 0.25) is 0 Å². The van der Waals surface area contributed by atoms with Gasteiger partial charge < -0.3 is 4.74 Å². The minimum Gasteiger partial charge on any atom is -0.469 e. The van der Waals surface area contributed by atoms with E-state index in [-0.39, 0.29) is 12.4 Å². The molecular weight excluding hydrogens is 270 g/mol. The van der Waals surface area contributed by atoms with Gasteiger partial charge in [-0.2, -0.15) is 5.26 Å². The summed E-state index contributed by atoms with van der Waals surface area (Å²) in [4.78, 5) is 11.2. The highest BCUT2D eigenvalue weighted by Gasteiger charge is 2.12. The van der Waals surface area contributed by atoms with Gasteiger partial charge in [0.2, 0.25) is 0 Å². The van der Waals surface area contributed by atoms with E-state index in [2.05, 4.69) is 26.7 Å². The van der Waals surface area contributed by atoms with E-state index in [0.717, 1.165) is 17.5 Å². The highest BCUT2D eigenvalue weighted by Crippen LogP contribution is 2.25. The predicted octanol–water partition coefficient (Wildman–Crippen LogP) is 2.60. The summed E-state index contributed by atoms with van der Waals surface area (Å²) in [6.45, 7) is 1.99. The third-order valence-corrected chi connectivity index (χ3v) is 3.27. The molecule has 3 nitrogen and oxygen atoms in total. The van der Waals surface area contributed by atoms with Crippen molar-refractivity contribution in [3.8, 4) is 6.07 Å². The second-order valence-electron chi connectivity index (χ2n) is 3.29. The lowest BCUT2D eigenvalue weighted by Crippen LogP contribution is -2.06. The molecule has 0 bridgehead atoms. The smallest absolute Gasteiger partial charge is 0.310 e. The second kappa shape index (κ2) is 5.66. The minimum absolute atomic E-state index is 0.176. The molecule has 84 valence electrons. The largest absolute Gasteiger partial charge is 0.469 e. The Hall–Kier alpha value is -1.34. The summed E-state index contributed by atoms with van der Waals surface area (Å²) < 4.78 is 5.29. The average molecular weight is 282 g/mol. The van der Waals surface area contributed by atoms with Crippen molar-refractivity contribution in [1.29, 1.82) is 5.26 Å². The second-order valence-corrected chi connectivity index (χ2v) is 4.08. The molecule has 0 radical (unpaired) electrons. The molecule has 0 spiro atoms. The molecule has 0 fully saturated rings. The van der Waals surface area contributed by atoms with E-state index in [1.807, 2.05) is 19.1 Å². The van der Waals surface area contributed by atoms with Gasteiger partial charge in [0.25, 0.3) is 0 Å². The number of nitriles is 1. The average Bonchev–Trinajstić information content (AvgIpc) is 2.31. The van der Waals surface area contributed by atoms with E-state index >= 15 is 0 Å². The molecule has 16 heavy (non-hydrogen) atoms. The Bertz CT molecular complexity index is 449. The summed E-state index contributed by atoms with van der Waals surface area (Å²) in [6, 6.07) is 5.87. The first-order valence-electron chi connectivity index (χ1n) is 4.91. The number of hydrogen-bond donors (Lipinski definition) is 0. The van der Waals surface area contributed by atoms with Gasteiger partial charge in [0, 0.05) is 4.47 Å². The normalized spacial score (nSPS) is 9.62. The standard InChI is InChI=1S/C12H12BrNO2/c1-3-8-4-5-9(6-11(15)16-2)12(13)10(8)7-14/h4-5H,3,6H2,1-2H3. The summed E-state index contributed by atoms with van der Waals surface area (Å²) in [6.07, 6.45) is 0.968. The molecule has 0 saturated carbocycles. The fourth-order valence-electron chi connectivity index (χ4n) is 1.44. The molecule has 1 rings (SSSR count). The van der Waals surface area contributed by atoms with Crippen LogP contribution in [0.3, 0.4) is 0 Å². The number of carbonyl (C=O) groups excluding carboxylic acids is 1. The molecule has 0 saturated heterocycles. The number of methoxy groups -OCH3 is 1. The van der Waals surface area contributed by atoms with Crippen LogP contribution in [0.1, 0.15) is 23.6 Å². The van der Waals surface area contributed by atoms with Crippen LogP contribution in [0.5, 0.6) is 0 Å². The molecule has 0 aliphatic rings. The number of esters is 1. The molecule has 1 aromatic rings. The zero-order valence-corrected chi connectivity index (χ0v) is 10.8. The number of rotatable bonds is 3. The first-order valence-corrected chi connectivity index (χ1v) is 5.70. The van der Waals surface area contributed by atoms with Crippen LogP contribution in [0, 0.1) is 11.3 Å². The highest BCUT2D eigenvalue weighted by atomic mass is 79.9. The molecule has 4 heteroatoms. The van der Waals surface area contributed by atoms with Crippen LogP contribution in [0.25, 0.3) is 0 Å². The van der Waals surface area contributed by atoms with E-state index in [0.29, 0.717) is 10.0 Å². The monoisotopic (exact) mass is 281 g/mol. The van der Waals surface area contributed by atoms with Gasteiger partial charge in [-0.3, -0.25) is 4.79 Å². The summed E-state index contributed by atoms with van der Waals surface area (Å²) in [5.74, 6) is -0.311. The van der Waals surface area contributed by atoms with E-state index in [4.69, 9.17) is 5.26 Å². The van der Waals surface area contributed by atoms with Crippen LogP contribution < -0.4 is 0 Å². The molecule has 0 aliphatic carbocycles. The third-order valence-electron chi connectivity index (χ3n) is 2.36. The first-order chi connectivity index (χ1) is 7.63. The van der Waals surface area contributed by atoms with Crippen molar-refractivity contribution in [2.45, 2.75) is 19.8 Å². The SMILES string of the molecule is CCc1ccc(CC(=O)OC)c(Br)c1C#N. The Morgan fingerprint density at radius 3 is 2.62 bits per heavy atom. The summed E-state index contributed by atoms with van der Waals surface area (Å²) in [5.41, 5.74) is 2.35. The Labute approximate surface area is 103 Å². The van der Waals surface area contributed by atoms with Crippen molar-refractivity contribution in [3.05, 3.63) is 33.3 Å². The number of carbonyl (C=O) groups is 1. The minimum atomic E-state index is -0.311. The van der Waals surface area contributed by atoms with Gasteiger partial charge in [-0.25, -0.2) is 0 Å². The highest BCUT2D eigenvalue weighted by molar-refractivity contribution is 9.10. The Kier molecular flexibility index (Phi) is 4.51. The number of ether oxygens (including phenoxy) is 1.